The predicted molar refractivity (Wildman–Crippen MR) is 78.4 cm³/mol. The molecule has 1 aliphatic rings. The number of fused-ring (bicyclic) bond motifs is 1. The second kappa shape index (κ2) is 4.70. The van der Waals surface area contributed by atoms with Gasteiger partial charge in [0.05, 0.1) is 23.3 Å². The highest BCUT2D eigenvalue weighted by atomic mass is 16.5. The molecule has 0 aliphatic carbocycles. The molecule has 0 radical (unpaired) electrons. The molecule has 1 saturated heterocycles. The van der Waals surface area contributed by atoms with Crippen LogP contribution in [0.15, 0.2) is 30.5 Å². The minimum absolute atomic E-state index is 0.259. The van der Waals surface area contributed by atoms with Gasteiger partial charge >= 0.3 is 0 Å². The predicted octanol–water partition coefficient (Wildman–Crippen LogP) is 2.43. The van der Waals surface area contributed by atoms with Gasteiger partial charge < -0.3 is 15.4 Å². The van der Waals surface area contributed by atoms with Crippen LogP contribution >= 0.6 is 0 Å². The van der Waals surface area contributed by atoms with Crippen molar-refractivity contribution in [3.8, 4) is 0 Å². The number of nitrogens with zero attached hydrogens (tertiary/aromatic N) is 2. The average Bonchev–Trinajstić information content (AvgIpc) is 2.85. The summed E-state index contributed by atoms with van der Waals surface area (Å²) in [6, 6.07) is 8.44. The third-order valence-corrected chi connectivity index (χ3v) is 3.99. The van der Waals surface area contributed by atoms with E-state index in [9.17, 15) is 0 Å². The first-order chi connectivity index (χ1) is 9.18. The maximum atomic E-state index is 6.00. The Hall–Kier alpha value is -1.81. The number of ether oxygens (including phenoxy) is 1. The summed E-state index contributed by atoms with van der Waals surface area (Å²) in [7, 11) is 2.12. The molecule has 100 valence electrons. The lowest BCUT2D eigenvalue weighted by Crippen LogP contribution is -2.36. The van der Waals surface area contributed by atoms with Gasteiger partial charge in [-0.2, -0.15) is 0 Å². The highest BCUT2D eigenvalue weighted by Crippen LogP contribution is 2.32. The molecule has 0 saturated carbocycles. The Morgan fingerprint density at radius 1 is 1.37 bits per heavy atom. The number of pyridine rings is 1. The lowest BCUT2D eigenvalue weighted by molar-refractivity contribution is 0.118. The standard InChI is InChI=1S/C15H19N3O/c1-10-13(7-9-19-10)18(2)14-6-5-12(16)15-11(14)4-3-8-17-15/h3-6,8,10,13H,7,9,16H2,1-2H3. The molecule has 0 bridgehead atoms. The first-order valence-electron chi connectivity index (χ1n) is 6.66. The summed E-state index contributed by atoms with van der Waals surface area (Å²) in [5.74, 6) is 0. The number of likely N-dealkylation sites (N-methyl/N-ethyl adjacent to an activating group) is 1. The van der Waals surface area contributed by atoms with Gasteiger partial charge in [0.2, 0.25) is 0 Å². The van der Waals surface area contributed by atoms with E-state index in [-0.39, 0.29) is 6.10 Å². The molecule has 0 spiro atoms. The molecule has 2 heterocycles. The number of nitrogen functional groups attached to an aromatic ring is 1. The Bertz CT molecular complexity index is 599. The van der Waals surface area contributed by atoms with Crippen molar-refractivity contribution >= 4 is 22.3 Å². The van der Waals surface area contributed by atoms with Gasteiger partial charge in [-0.05, 0) is 37.6 Å². The summed E-state index contributed by atoms with van der Waals surface area (Å²) < 4.78 is 5.66. The number of anilines is 2. The highest BCUT2D eigenvalue weighted by Gasteiger charge is 2.28. The number of hydrogen-bond donors (Lipinski definition) is 1. The van der Waals surface area contributed by atoms with Crippen LogP contribution in [0.2, 0.25) is 0 Å². The SMILES string of the molecule is CC1OCCC1N(C)c1ccc(N)c2ncccc12. The zero-order chi connectivity index (χ0) is 13.4. The van der Waals surface area contributed by atoms with E-state index in [1.165, 1.54) is 5.69 Å². The van der Waals surface area contributed by atoms with E-state index in [0.29, 0.717) is 6.04 Å². The van der Waals surface area contributed by atoms with Gasteiger partial charge in [-0.25, -0.2) is 0 Å². The minimum atomic E-state index is 0.259. The quantitative estimate of drug-likeness (QED) is 0.839. The van der Waals surface area contributed by atoms with Crippen molar-refractivity contribution in [2.75, 3.05) is 24.3 Å². The van der Waals surface area contributed by atoms with Crippen LogP contribution < -0.4 is 10.6 Å². The second-order valence-electron chi connectivity index (χ2n) is 5.12. The zero-order valence-corrected chi connectivity index (χ0v) is 11.3. The molecular formula is C15H19N3O. The fourth-order valence-electron chi connectivity index (χ4n) is 2.89. The Labute approximate surface area is 113 Å². The molecular weight excluding hydrogens is 238 g/mol. The van der Waals surface area contributed by atoms with Crippen molar-refractivity contribution in [1.29, 1.82) is 0 Å². The monoisotopic (exact) mass is 257 g/mol. The molecule has 2 unspecified atom stereocenters. The number of hydrogen-bond acceptors (Lipinski definition) is 4. The highest BCUT2D eigenvalue weighted by molar-refractivity contribution is 5.98. The molecule has 2 aromatic rings. The average molecular weight is 257 g/mol. The van der Waals surface area contributed by atoms with Crippen molar-refractivity contribution in [2.45, 2.75) is 25.5 Å². The van der Waals surface area contributed by atoms with Crippen LogP contribution in [0.3, 0.4) is 0 Å². The van der Waals surface area contributed by atoms with E-state index in [1.54, 1.807) is 6.20 Å². The lowest BCUT2D eigenvalue weighted by Gasteiger charge is -2.29. The van der Waals surface area contributed by atoms with Crippen LogP contribution in [-0.4, -0.2) is 30.8 Å². The van der Waals surface area contributed by atoms with Gasteiger partial charge in [-0.3, -0.25) is 4.98 Å². The fraction of sp³-hybridized carbons (Fsp3) is 0.400. The van der Waals surface area contributed by atoms with Crippen molar-refractivity contribution in [2.24, 2.45) is 0 Å². The molecule has 1 aromatic carbocycles. The Balaban J connectivity index is 2.07. The number of nitrogens with two attached hydrogens (primary N) is 1. The van der Waals surface area contributed by atoms with Gasteiger partial charge in [-0.1, -0.05) is 0 Å². The molecule has 1 fully saturated rings. The van der Waals surface area contributed by atoms with E-state index in [1.807, 2.05) is 12.1 Å². The smallest absolute Gasteiger partial charge is 0.0951 e. The number of rotatable bonds is 2. The first-order valence-corrected chi connectivity index (χ1v) is 6.66. The van der Waals surface area contributed by atoms with Crippen molar-refractivity contribution in [1.82, 2.24) is 4.98 Å². The summed E-state index contributed by atoms with van der Waals surface area (Å²) in [4.78, 5) is 6.68. The largest absolute Gasteiger partial charge is 0.397 e. The Morgan fingerprint density at radius 3 is 2.95 bits per heavy atom. The van der Waals surface area contributed by atoms with Crippen LogP contribution in [0.1, 0.15) is 13.3 Å². The van der Waals surface area contributed by atoms with Crippen LogP contribution in [0.4, 0.5) is 11.4 Å². The van der Waals surface area contributed by atoms with E-state index < -0.39 is 0 Å². The van der Waals surface area contributed by atoms with Crippen LogP contribution in [0.5, 0.6) is 0 Å². The van der Waals surface area contributed by atoms with Gasteiger partial charge in [0.25, 0.3) is 0 Å². The van der Waals surface area contributed by atoms with E-state index in [0.717, 1.165) is 29.6 Å². The lowest BCUT2D eigenvalue weighted by atomic mass is 10.1. The number of aromatic nitrogens is 1. The third kappa shape index (κ3) is 2.02. The summed E-state index contributed by atoms with van der Waals surface area (Å²) in [6.45, 7) is 2.97. The first kappa shape index (κ1) is 12.2. The molecule has 2 atom stereocenters. The summed E-state index contributed by atoms with van der Waals surface area (Å²) >= 11 is 0. The normalized spacial score (nSPS) is 22.8. The molecule has 4 nitrogen and oxygen atoms in total. The zero-order valence-electron chi connectivity index (χ0n) is 11.3. The van der Waals surface area contributed by atoms with Crippen LogP contribution in [-0.2, 0) is 4.74 Å². The Morgan fingerprint density at radius 2 is 2.21 bits per heavy atom. The van der Waals surface area contributed by atoms with Crippen molar-refractivity contribution in [3.63, 3.8) is 0 Å². The second-order valence-corrected chi connectivity index (χ2v) is 5.12. The maximum absolute atomic E-state index is 6.00. The summed E-state index contributed by atoms with van der Waals surface area (Å²) in [5.41, 5.74) is 8.77. The molecule has 4 heteroatoms. The molecule has 1 aliphatic heterocycles. The Kier molecular flexibility index (Phi) is 3.03. The van der Waals surface area contributed by atoms with E-state index in [2.05, 4.69) is 36.0 Å². The molecule has 2 N–H and O–H groups in total. The van der Waals surface area contributed by atoms with Gasteiger partial charge in [-0.15, -0.1) is 0 Å². The maximum Gasteiger partial charge on any atom is 0.0951 e. The van der Waals surface area contributed by atoms with E-state index >= 15 is 0 Å². The third-order valence-electron chi connectivity index (χ3n) is 3.99. The van der Waals surface area contributed by atoms with Crippen molar-refractivity contribution < 1.29 is 4.74 Å². The molecule has 3 rings (SSSR count). The molecule has 19 heavy (non-hydrogen) atoms. The molecule has 0 amide bonds. The minimum Gasteiger partial charge on any atom is -0.397 e. The summed E-state index contributed by atoms with van der Waals surface area (Å²) in [5, 5.41) is 1.10. The van der Waals surface area contributed by atoms with Crippen molar-refractivity contribution in [3.05, 3.63) is 30.5 Å². The summed E-state index contributed by atoms with van der Waals surface area (Å²) in [6.07, 6.45) is 3.10. The van der Waals surface area contributed by atoms with Gasteiger partial charge in [0.15, 0.2) is 0 Å². The van der Waals surface area contributed by atoms with Crippen LogP contribution in [0.25, 0.3) is 10.9 Å². The fourth-order valence-corrected chi connectivity index (χ4v) is 2.89. The van der Waals surface area contributed by atoms with Gasteiger partial charge in [0, 0.05) is 30.9 Å². The topological polar surface area (TPSA) is 51.4 Å². The van der Waals surface area contributed by atoms with Crippen LogP contribution in [0, 0.1) is 0 Å². The molecule has 1 aromatic heterocycles. The number of benzene rings is 1. The van der Waals surface area contributed by atoms with Gasteiger partial charge in [0.1, 0.15) is 0 Å². The van der Waals surface area contributed by atoms with E-state index in [4.69, 9.17) is 10.5 Å².